The van der Waals surface area contributed by atoms with Crippen LogP contribution < -0.4 is 4.90 Å². The van der Waals surface area contributed by atoms with Gasteiger partial charge in [0, 0.05) is 18.9 Å². The molecule has 0 aliphatic heterocycles. The molecule has 0 aliphatic carbocycles. The Labute approximate surface area is 147 Å². The molecule has 1 aromatic heterocycles. The minimum atomic E-state index is -0.514. The molecule has 0 spiro atoms. The summed E-state index contributed by atoms with van der Waals surface area (Å²) < 4.78 is 5.36. The number of pyridine rings is 1. The van der Waals surface area contributed by atoms with Crippen molar-refractivity contribution in [2.45, 2.75) is 26.4 Å². The van der Waals surface area contributed by atoms with Crippen molar-refractivity contribution in [1.29, 1.82) is 0 Å². The number of rotatable bonds is 3. The van der Waals surface area contributed by atoms with Gasteiger partial charge in [0.2, 0.25) is 0 Å². The molecule has 0 fully saturated rings. The van der Waals surface area contributed by atoms with Gasteiger partial charge in [0.25, 0.3) is 0 Å². The summed E-state index contributed by atoms with van der Waals surface area (Å²) in [6, 6.07) is 11.3. The fourth-order valence-corrected chi connectivity index (χ4v) is 2.14. The summed E-state index contributed by atoms with van der Waals surface area (Å²) >= 11 is 5.86. The molecule has 0 radical (unpaired) electrons. The number of hydrogen-bond donors (Lipinski definition) is 0. The highest BCUT2D eigenvalue weighted by Gasteiger charge is 2.20. The van der Waals surface area contributed by atoms with Gasteiger partial charge in [0.15, 0.2) is 0 Å². The number of halogens is 1. The third kappa shape index (κ3) is 5.39. The van der Waals surface area contributed by atoms with Crippen LogP contribution in [0.1, 0.15) is 31.9 Å². The predicted octanol–water partition coefficient (Wildman–Crippen LogP) is 5.28. The van der Waals surface area contributed by atoms with Crippen molar-refractivity contribution in [3.8, 4) is 0 Å². The lowest BCUT2D eigenvalue weighted by molar-refractivity contribution is 0.0589. The zero-order valence-corrected chi connectivity index (χ0v) is 15.0. The molecule has 0 aliphatic rings. The Morgan fingerprint density at radius 2 is 1.75 bits per heavy atom. The maximum absolute atomic E-state index is 12.1. The molecule has 0 saturated heterocycles. The Morgan fingerprint density at radius 3 is 2.33 bits per heavy atom. The van der Waals surface area contributed by atoms with Crippen LogP contribution in [0, 0.1) is 0 Å². The highest BCUT2D eigenvalue weighted by molar-refractivity contribution is 6.29. The minimum Gasteiger partial charge on any atom is -0.443 e. The number of nitrogens with zero attached hydrogens (tertiary/aromatic N) is 2. The Hall–Kier alpha value is -2.33. The van der Waals surface area contributed by atoms with E-state index in [-0.39, 0.29) is 6.09 Å². The van der Waals surface area contributed by atoms with Crippen LogP contribution in [-0.4, -0.2) is 23.7 Å². The number of carbonyl (C=O) groups is 1. The lowest BCUT2D eigenvalue weighted by Crippen LogP contribution is -2.34. The third-order valence-corrected chi connectivity index (χ3v) is 3.37. The second-order valence-electron chi connectivity index (χ2n) is 6.38. The SMILES string of the molecule is CN(C(=O)OC(C)(C)C)c1ccc(C=Cc2ccnc(Cl)c2)cc1. The van der Waals surface area contributed by atoms with Crippen molar-refractivity contribution in [3.05, 3.63) is 58.9 Å². The highest BCUT2D eigenvalue weighted by Crippen LogP contribution is 2.19. The van der Waals surface area contributed by atoms with E-state index in [0.29, 0.717) is 5.15 Å². The first-order chi connectivity index (χ1) is 11.2. The van der Waals surface area contributed by atoms with Crippen molar-refractivity contribution in [2.75, 3.05) is 11.9 Å². The van der Waals surface area contributed by atoms with Crippen LogP contribution in [0.15, 0.2) is 42.6 Å². The number of carbonyl (C=O) groups excluding carboxylic acids is 1. The molecule has 0 atom stereocenters. The lowest BCUT2D eigenvalue weighted by atomic mass is 10.1. The molecule has 0 N–H and O–H groups in total. The van der Waals surface area contributed by atoms with E-state index >= 15 is 0 Å². The number of ether oxygens (including phenoxy) is 1. The summed E-state index contributed by atoms with van der Waals surface area (Å²) in [6.45, 7) is 5.54. The summed E-state index contributed by atoms with van der Waals surface area (Å²) in [4.78, 5) is 17.5. The molecular formula is C19H21ClN2O2. The van der Waals surface area contributed by atoms with E-state index in [1.165, 1.54) is 4.90 Å². The number of aromatic nitrogens is 1. The number of amides is 1. The molecule has 126 valence electrons. The Kier molecular flexibility index (Phi) is 5.62. The topological polar surface area (TPSA) is 42.4 Å². The van der Waals surface area contributed by atoms with Gasteiger partial charge in [-0.3, -0.25) is 4.90 Å². The number of anilines is 1. The van der Waals surface area contributed by atoms with E-state index in [1.807, 2.05) is 63.3 Å². The summed E-state index contributed by atoms with van der Waals surface area (Å²) in [5, 5.41) is 0.464. The monoisotopic (exact) mass is 344 g/mol. The first-order valence-electron chi connectivity index (χ1n) is 7.61. The quantitative estimate of drug-likeness (QED) is 0.712. The van der Waals surface area contributed by atoms with Crippen molar-refractivity contribution >= 4 is 35.5 Å². The fraction of sp³-hybridized carbons (Fsp3) is 0.263. The Bertz CT molecular complexity index is 734. The Balaban J connectivity index is 2.06. The van der Waals surface area contributed by atoms with Gasteiger partial charge in [-0.1, -0.05) is 35.9 Å². The van der Waals surface area contributed by atoms with Gasteiger partial charge < -0.3 is 4.74 Å². The zero-order valence-electron chi connectivity index (χ0n) is 14.3. The van der Waals surface area contributed by atoms with Crippen LogP contribution in [0.25, 0.3) is 12.2 Å². The molecule has 2 aromatic rings. The first kappa shape index (κ1) is 18.0. The van der Waals surface area contributed by atoms with E-state index in [9.17, 15) is 4.79 Å². The van der Waals surface area contributed by atoms with Gasteiger partial charge >= 0.3 is 6.09 Å². The molecular weight excluding hydrogens is 324 g/mol. The van der Waals surface area contributed by atoms with E-state index in [0.717, 1.165) is 16.8 Å². The van der Waals surface area contributed by atoms with E-state index in [4.69, 9.17) is 16.3 Å². The van der Waals surface area contributed by atoms with E-state index < -0.39 is 5.60 Å². The van der Waals surface area contributed by atoms with Crippen molar-refractivity contribution < 1.29 is 9.53 Å². The minimum absolute atomic E-state index is 0.378. The fourth-order valence-electron chi connectivity index (χ4n) is 1.96. The molecule has 0 saturated carbocycles. The molecule has 4 nitrogen and oxygen atoms in total. The molecule has 1 aromatic carbocycles. The van der Waals surface area contributed by atoms with Crippen LogP contribution >= 0.6 is 11.6 Å². The van der Waals surface area contributed by atoms with Crippen molar-refractivity contribution in [1.82, 2.24) is 4.98 Å². The maximum atomic E-state index is 12.1. The van der Waals surface area contributed by atoms with Crippen molar-refractivity contribution in [2.24, 2.45) is 0 Å². The Morgan fingerprint density at radius 1 is 1.12 bits per heavy atom. The molecule has 5 heteroatoms. The van der Waals surface area contributed by atoms with E-state index in [2.05, 4.69) is 4.98 Å². The average molecular weight is 345 g/mol. The largest absolute Gasteiger partial charge is 0.443 e. The molecule has 0 unspecified atom stereocenters. The maximum Gasteiger partial charge on any atom is 0.414 e. The first-order valence-corrected chi connectivity index (χ1v) is 7.99. The van der Waals surface area contributed by atoms with Crippen LogP contribution in [0.5, 0.6) is 0 Å². The van der Waals surface area contributed by atoms with Gasteiger partial charge in [0.1, 0.15) is 10.8 Å². The van der Waals surface area contributed by atoms with Crippen molar-refractivity contribution in [3.63, 3.8) is 0 Å². The third-order valence-electron chi connectivity index (χ3n) is 3.17. The average Bonchev–Trinajstić information content (AvgIpc) is 2.51. The van der Waals surface area contributed by atoms with E-state index in [1.54, 1.807) is 19.3 Å². The highest BCUT2D eigenvalue weighted by atomic mass is 35.5. The lowest BCUT2D eigenvalue weighted by Gasteiger charge is -2.24. The number of benzene rings is 1. The van der Waals surface area contributed by atoms with Crippen LogP contribution in [0.4, 0.5) is 10.5 Å². The van der Waals surface area contributed by atoms with Crippen LogP contribution in [0.2, 0.25) is 5.15 Å². The van der Waals surface area contributed by atoms with Gasteiger partial charge in [0.05, 0.1) is 0 Å². The predicted molar refractivity (Wildman–Crippen MR) is 99.3 cm³/mol. The summed E-state index contributed by atoms with van der Waals surface area (Å²) in [5.74, 6) is 0. The molecule has 1 heterocycles. The molecule has 2 rings (SSSR count). The molecule has 24 heavy (non-hydrogen) atoms. The van der Waals surface area contributed by atoms with Gasteiger partial charge in [-0.05, 0) is 56.2 Å². The smallest absolute Gasteiger partial charge is 0.414 e. The van der Waals surface area contributed by atoms with Gasteiger partial charge in [-0.2, -0.15) is 0 Å². The zero-order chi connectivity index (χ0) is 17.7. The second kappa shape index (κ2) is 7.49. The molecule has 0 bridgehead atoms. The standard InChI is InChI=1S/C19H21ClN2O2/c1-19(2,3)24-18(23)22(4)16-9-7-14(8-10-16)5-6-15-11-12-21-17(20)13-15/h5-13H,1-4H3. The van der Waals surface area contributed by atoms with Gasteiger partial charge in [-0.25, -0.2) is 9.78 Å². The molecule has 1 amide bonds. The van der Waals surface area contributed by atoms with Gasteiger partial charge in [-0.15, -0.1) is 0 Å². The number of hydrogen-bond acceptors (Lipinski definition) is 3. The normalized spacial score (nSPS) is 11.5. The summed E-state index contributed by atoms with van der Waals surface area (Å²) in [5.41, 5.74) is 2.25. The van der Waals surface area contributed by atoms with Crippen LogP contribution in [-0.2, 0) is 4.74 Å². The summed E-state index contributed by atoms with van der Waals surface area (Å²) in [7, 11) is 1.69. The second-order valence-corrected chi connectivity index (χ2v) is 6.76. The summed E-state index contributed by atoms with van der Waals surface area (Å²) in [6.07, 6.45) is 5.22. The van der Waals surface area contributed by atoms with Crippen LogP contribution in [0.3, 0.4) is 0 Å².